The fourth-order valence-corrected chi connectivity index (χ4v) is 4.27. The van der Waals surface area contributed by atoms with Crippen LogP contribution in [0.1, 0.15) is 70.0 Å². The Kier molecular flexibility index (Phi) is 7.18. The summed E-state index contributed by atoms with van der Waals surface area (Å²) in [6.07, 6.45) is 9.55. The number of nitrogens with zero attached hydrogens (tertiary/aromatic N) is 1. The molecule has 0 aromatic heterocycles. The van der Waals surface area contributed by atoms with Gasteiger partial charge >= 0.3 is 0 Å². The molecule has 2 fully saturated rings. The van der Waals surface area contributed by atoms with Crippen molar-refractivity contribution in [2.75, 3.05) is 26.2 Å². The molecule has 3 rings (SSSR count). The second-order valence-corrected chi connectivity index (χ2v) is 8.14. The highest BCUT2D eigenvalue weighted by Gasteiger charge is 2.25. The number of benzene rings is 1. The van der Waals surface area contributed by atoms with E-state index in [1.807, 2.05) is 24.3 Å². The molecule has 1 saturated carbocycles. The molecule has 0 radical (unpaired) electrons. The lowest BCUT2D eigenvalue weighted by molar-refractivity contribution is 0.0755. The number of hydrogen-bond acceptors (Lipinski definition) is 3. The third-order valence-electron chi connectivity index (χ3n) is 6.06. The van der Waals surface area contributed by atoms with Crippen LogP contribution in [0.15, 0.2) is 24.3 Å². The summed E-state index contributed by atoms with van der Waals surface area (Å²) in [6.45, 7) is 6.89. The van der Waals surface area contributed by atoms with Gasteiger partial charge in [-0.15, -0.1) is 0 Å². The van der Waals surface area contributed by atoms with Crippen molar-refractivity contribution in [3.8, 4) is 5.75 Å². The van der Waals surface area contributed by atoms with E-state index in [4.69, 9.17) is 4.74 Å². The average Bonchev–Trinajstić information content (AvgIpc) is 3.15. The van der Waals surface area contributed by atoms with Crippen LogP contribution in [-0.2, 0) is 0 Å². The summed E-state index contributed by atoms with van der Waals surface area (Å²) in [6, 6.07) is 8.12. The fourth-order valence-electron chi connectivity index (χ4n) is 4.27. The summed E-state index contributed by atoms with van der Waals surface area (Å²) in [5, 5.41) is 10.6. The number of ether oxygens (including phenoxy) is 1. The standard InChI is InChI=1S/C22H35NO2/c1-18-6-8-19(9-7-18)22(24)20-10-12-21(13-11-20)25-17-5-4-16-23-14-2-3-15-23/h10-13,18-19,22,24H,2-9,14-17H2,1H3. The number of hydrogen-bond donors (Lipinski definition) is 1. The highest BCUT2D eigenvalue weighted by Crippen LogP contribution is 2.36. The first-order valence-electron chi connectivity index (χ1n) is 10.4. The van der Waals surface area contributed by atoms with E-state index >= 15 is 0 Å². The summed E-state index contributed by atoms with van der Waals surface area (Å²) in [5.74, 6) is 2.17. The molecular weight excluding hydrogens is 310 g/mol. The maximum Gasteiger partial charge on any atom is 0.119 e. The molecule has 1 aliphatic heterocycles. The monoisotopic (exact) mass is 345 g/mol. The van der Waals surface area contributed by atoms with Gasteiger partial charge in [-0.1, -0.05) is 31.9 Å². The van der Waals surface area contributed by atoms with Crippen LogP contribution in [0.2, 0.25) is 0 Å². The fraction of sp³-hybridized carbons (Fsp3) is 0.727. The summed E-state index contributed by atoms with van der Waals surface area (Å²) in [5.41, 5.74) is 1.04. The third kappa shape index (κ3) is 5.72. The summed E-state index contributed by atoms with van der Waals surface area (Å²) in [4.78, 5) is 2.56. The van der Waals surface area contributed by atoms with E-state index in [-0.39, 0.29) is 6.10 Å². The van der Waals surface area contributed by atoms with Crippen molar-refractivity contribution in [1.82, 2.24) is 4.90 Å². The predicted octanol–water partition coefficient (Wildman–Crippen LogP) is 4.80. The molecule has 1 saturated heterocycles. The van der Waals surface area contributed by atoms with E-state index in [1.54, 1.807) is 0 Å². The average molecular weight is 346 g/mol. The quantitative estimate of drug-likeness (QED) is 0.687. The van der Waals surface area contributed by atoms with Crippen LogP contribution in [-0.4, -0.2) is 36.2 Å². The molecule has 1 heterocycles. The van der Waals surface area contributed by atoms with E-state index in [9.17, 15) is 5.11 Å². The van der Waals surface area contributed by atoms with Gasteiger partial charge in [0.2, 0.25) is 0 Å². The number of likely N-dealkylation sites (tertiary alicyclic amines) is 1. The van der Waals surface area contributed by atoms with Crippen LogP contribution in [0, 0.1) is 11.8 Å². The van der Waals surface area contributed by atoms with E-state index in [2.05, 4.69) is 11.8 Å². The van der Waals surface area contributed by atoms with Crippen molar-refractivity contribution in [1.29, 1.82) is 0 Å². The van der Waals surface area contributed by atoms with Crippen molar-refractivity contribution >= 4 is 0 Å². The SMILES string of the molecule is CC1CCC(C(O)c2ccc(OCCCCN3CCCC3)cc2)CC1. The maximum absolute atomic E-state index is 10.6. The lowest BCUT2D eigenvalue weighted by Crippen LogP contribution is -2.20. The minimum atomic E-state index is -0.318. The third-order valence-corrected chi connectivity index (χ3v) is 6.06. The van der Waals surface area contributed by atoms with E-state index in [0.29, 0.717) is 5.92 Å². The van der Waals surface area contributed by atoms with Crippen LogP contribution in [0.25, 0.3) is 0 Å². The summed E-state index contributed by atoms with van der Waals surface area (Å²) in [7, 11) is 0. The molecule has 140 valence electrons. The van der Waals surface area contributed by atoms with Gasteiger partial charge in [-0.3, -0.25) is 0 Å². The molecule has 0 bridgehead atoms. The number of aliphatic hydroxyl groups excluding tert-OH is 1. The van der Waals surface area contributed by atoms with Gasteiger partial charge in [0, 0.05) is 0 Å². The molecular formula is C22H35NO2. The molecule has 3 nitrogen and oxygen atoms in total. The lowest BCUT2D eigenvalue weighted by atomic mass is 9.78. The van der Waals surface area contributed by atoms with Gasteiger partial charge in [0.05, 0.1) is 12.7 Å². The van der Waals surface area contributed by atoms with Crippen molar-refractivity contribution in [2.45, 2.75) is 64.4 Å². The van der Waals surface area contributed by atoms with Crippen LogP contribution in [0.4, 0.5) is 0 Å². The first-order valence-corrected chi connectivity index (χ1v) is 10.4. The predicted molar refractivity (Wildman–Crippen MR) is 103 cm³/mol. The first kappa shape index (κ1) is 18.7. The van der Waals surface area contributed by atoms with Gasteiger partial charge in [-0.05, 0) is 87.7 Å². The Hall–Kier alpha value is -1.06. The smallest absolute Gasteiger partial charge is 0.119 e. The first-order chi connectivity index (χ1) is 12.2. The number of unbranched alkanes of at least 4 members (excludes halogenated alkanes) is 1. The molecule has 25 heavy (non-hydrogen) atoms. The molecule has 1 aromatic rings. The van der Waals surface area contributed by atoms with Crippen molar-refractivity contribution in [3.63, 3.8) is 0 Å². The minimum absolute atomic E-state index is 0.318. The maximum atomic E-state index is 10.6. The number of aliphatic hydroxyl groups is 1. The second kappa shape index (κ2) is 9.59. The van der Waals surface area contributed by atoms with Crippen molar-refractivity contribution < 1.29 is 9.84 Å². The van der Waals surface area contributed by atoms with Crippen LogP contribution in [0.5, 0.6) is 5.75 Å². The highest BCUT2D eigenvalue weighted by molar-refractivity contribution is 5.28. The van der Waals surface area contributed by atoms with Gasteiger partial charge in [-0.25, -0.2) is 0 Å². The van der Waals surface area contributed by atoms with E-state index in [0.717, 1.165) is 43.1 Å². The van der Waals surface area contributed by atoms with E-state index < -0.39 is 0 Å². The highest BCUT2D eigenvalue weighted by atomic mass is 16.5. The van der Waals surface area contributed by atoms with Crippen LogP contribution in [0.3, 0.4) is 0 Å². The molecule has 0 amide bonds. The lowest BCUT2D eigenvalue weighted by Gasteiger charge is -2.30. The Bertz CT molecular complexity index is 487. The number of rotatable bonds is 8. The Morgan fingerprint density at radius 1 is 1.04 bits per heavy atom. The topological polar surface area (TPSA) is 32.7 Å². The summed E-state index contributed by atoms with van der Waals surface area (Å²) >= 11 is 0. The zero-order valence-corrected chi connectivity index (χ0v) is 15.8. The summed E-state index contributed by atoms with van der Waals surface area (Å²) < 4.78 is 5.86. The largest absolute Gasteiger partial charge is 0.494 e. The Labute approximate surface area is 153 Å². The van der Waals surface area contributed by atoms with Crippen molar-refractivity contribution in [3.05, 3.63) is 29.8 Å². The van der Waals surface area contributed by atoms with Gasteiger partial charge in [0.1, 0.15) is 5.75 Å². The normalized spacial score (nSPS) is 25.8. The minimum Gasteiger partial charge on any atom is -0.494 e. The molecule has 1 atom stereocenters. The molecule has 0 spiro atoms. The molecule has 1 N–H and O–H groups in total. The van der Waals surface area contributed by atoms with Crippen molar-refractivity contribution in [2.24, 2.45) is 11.8 Å². The molecule has 2 aliphatic rings. The van der Waals surface area contributed by atoms with Gasteiger partial charge < -0.3 is 14.7 Å². The molecule has 1 aliphatic carbocycles. The molecule has 1 aromatic carbocycles. The second-order valence-electron chi connectivity index (χ2n) is 8.14. The van der Waals surface area contributed by atoms with Gasteiger partial charge in [0.15, 0.2) is 0 Å². The zero-order valence-electron chi connectivity index (χ0n) is 15.8. The molecule has 3 heteroatoms. The zero-order chi connectivity index (χ0) is 17.5. The Morgan fingerprint density at radius 2 is 1.72 bits per heavy atom. The van der Waals surface area contributed by atoms with Gasteiger partial charge in [-0.2, -0.15) is 0 Å². The molecule has 1 unspecified atom stereocenters. The van der Waals surface area contributed by atoms with E-state index in [1.165, 1.54) is 51.7 Å². The van der Waals surface area contributed by atoms with Crippen LogP contribution >= 0.6 is 0 Å². The van der Waals surface area contributed by atoms with Crippen LogP contribution < -0.4 is 4.74 Å². The Morgan fingerprint density at radius 3 is 2.40 bits per heavy atom. The van der Waals surface area contributed by atoms with Gasteiger partial charge in [0.25, 0.3) is 0 Å². The Balaban J connectivity index is 1.36.